The zero-order chi connectivity index (χ0) is 6.85. The highest BCUT2D eigenvalue weighted by Gasteiger charge is 2.26. The minimum absolute atomic E-state index is 0.708. The number of hydrazine groups is 1. The molecule has 1 heterocycles. The van der Waals surface area contributed by atoms with E-state index in [9.17, 15) is 0 Å². The Morgan fingerprint density at radius 3 is 2.56 bits per heavy atom. The molecule has 3 nitrogen and oxygen atoms in total. The van der Waals surface area contributed by atoms with Gasteiger partial charge in [-0.15, -0.1) is 0 Å². The highest BCUT2D eigenvalue weighted by Crippen LogP contribution is 2.07. The van der Waals surface area contributed by atoms with E-state index in [1.165, 1.54) is 0 Å². The number of hydrogen-bond acceptors (Lipinski definition) is 3. The Bertz CT molecular complexity index is 88.3. The maximum atomic E-state index is 5.47. The summed E-state index contributed by atoms with van der Waals surface area (Å²) in [6.07, 6.45) is 0. The minimum atomic E-state index is 0.708. The van der Waals surface area contributed by atoms with Crippen molar-refractivity contribution >= 4 is 0 Å². The van der Waals surface area contributed by atoms with Gasteiger partial charge in [-0.05, 0) is 13.6 Å². The molecule has 2 N–H and O–H groups in total. The fourth-order valence-electron chi connectivity index (χ4n) is 1.02. The fraction of sp³-hybridized carbons (Fsp3) is 1.00. The van der Waals surface area contributed by atoms with E-state index in [2.05, 4.69) is 18.9 Å². The van der Waals surface area contributed by atoms with Crippen LogP contribution in [0, 0.1) is 0 Å². The van der Waals surface area contributed by atoms with Crippen LogP contribution in [0.3, 0.4) is 0 Å². The third-order valence-electron chi connectivity index (χ3n) is 2.01. The van der Waals surface area contributed by atoms with Gasteiger partial charge < -0.3 is 4.90 Å². The van der Waals surface area contributed by atoms with Crippen molar-refractivity contribution in [2.45, 2.75) is 13.0 Å². The molecular weight excluding hydrogens is 114 g/mol. The van der Waals surface area contributed by atoms with Gasteiger partial charge in [-0.25, -0.2) is 5.01 Å². The monoisotopic (exact) mass is 129 g/mol. The summed E-state index contributed by atoms with van der Waals surface area (Å²) in [7, 11) is 2.14. The van der Waals surface area contributed by atoms with Crippen LogP contribution in [0.2, 0.25) is 0 Å². The van der Waals surface area contributed by atoms with Crippen LogP contribution in [0.1, 0.15) is 6.92 Å². The standard InChI is InChI=1S/C6H15N3/c1-3-8(2)6-4-9(7)5-6/h6H,3-5,7H2,1-2H3. The normalized spacial score (nSPS) is 22.7. The number of nitrogens with two attached hydrogens (primary N) is 1. The van der Waals surface area contributed by atoms with Gasteiger partial charge in [-0.3, -0.25) is 5.84 Å². The number of hydrogen-bond donors (Lipinski definition) is 1. The van der Waals surface area contributed by atoms with Crippen molar-refractivity contribution in [1.82, 2.24) is 9.91 Å². The van der Waals surface area contributed by atoms with Crippen LogP contribution in [0.15, 0.2) is 0 Å². The summed E-state index contributed by atoms with van der Waals surface area (Å²) in [5.41, 5.74) is 0. The van der Waals surface area contributed by atoms with Crippen molar-refractivity contribution in [2.75, 3.05) is 26.7 Å². The predicted octanol–water partition coefficient (Wildman–Crippen LogP) is -0.504. The lowest BCUT2D eigenvalue weighted by Gasteiger charge is -2.40. The number of nitrogens with zero attached hydrogens (tertiary/aromatic N) is 2. The Balaban J connectivity index is 2.15. The first-order chi connectivity index (χ1) is 4.24. The molecule has 1 aliphatic rings. The van der Waals surface area contributed by atoms with Gasteiger partial charge in [0, 0.05) is 19.1 Å². The number of likely N-dealkylation sites (N-methyl/N-ethyl adjacent to an activating group) is 1. The Hall–Kier alpha value is -0.120. The molecule has 1 saturated heterocycles. The van der Waals surface area contributed by atoms with Crippen LogP contribution in [0.25, 0.3) is 0 Å². The number of rotatable bonds is 2. The first kappa shape index (κ1) is 6.99. The molecule has 0 aromatic carbocycles. The molecule has 0 aromatic rings. The summed E-state index contributed by atoms with van der Waals surface area (Å²) >= 11 is 0. The minimum Gasteiger partial charge on any atom is -0.301 e. The molecule has 9 heavy (non-hydrogen) atoms. The molecule has 3 heteroatoms. The maximum absolute atomic E-state index is 5.47. The van der Waals surface area contributed by atoms with Crippen molar-refractivity contribution in [3.63, 3.8) is 0 Å². The van der Waals surface area contributed by atoms with E-state index in [4.69, 9.17) is 5.84 Å². The molecule has 0 amide bonds. The zero-order valence-electron chi connectivity index (χ0n) is 6.17. The summed E-state index contributed by atoms with van der Waals surface area (Å²) in [4.78, 5) is 2.32. The third-order valence-corrected chi connectivity index (χ3v) is 2.01. The van der Waals surface area contributed by atoms with Gasteiger partial charge in [0.05, 0.1) is 0 Å². The molecule has 1 rings (SSSR count). The van der Waals surface area contributed by atoms with Crippen molar-refractivity contribution in [1.29, 1.82) is 0 Å². The summed E-state index contributed by atoms with van der Waals surface area (Å²) in [5, 5.41) is 1.84. The molecule has 54 valence electrons. The quantitative estimate of drug-likeness (QED) is 0.510. The molecule has 0 atom stereocenters. The van der Waals surface area contributed by atoms with E-state index >= 15 is 0 Å². The second kappa shape index (κ2) is 2.64. The van der Waals surface area contributed by atoms with E-state index < -0.39 is 0 Å². The molecule has 0 radical (unpaired) electrons. The van der Waals surface area contributed by atoms with Gasteiger partial charge in [0.25, 0.3) is 0 Å². The largest absolute Gasteiger partial charge is 0.301 e. The van der Waals surface area contributed by atoms with E-state index in [0.29, 0.717) is 6.04 Å². The van der Waals surface area contributed by atoms with E-state index in [0.717, 1.165) is 19.6 Å². The molecular formula is C6H15N3. The maximum Gasteiger partial charge on any atom is 0.0375 e. The van der Waals surface area contributed by atoms with E-state index in [1.807, 2.05) is 5.01 Å². The smallest absolute Gasteiger partial charge is 0.0375 e. The van der Waals surface area contributed by atoms with Gasteiger partial charge in [0.1, 0.15) is 0 Å². The van der Waals surface area contributed by atoms with Crippen LogP contribution in [0.4, 0.5) is 0 Å². The van der Waals surface area contributed by atoms with Gasteiger partial charge in [0.2, 0.25) is 0 Å². The molecule has 1 aliphatic heterocycles. The van der Waals surface area contributed by atoms with Crippen LogP contribution < -0.4 is 5.84 Å². The molecule has 0 unspecified atom stereocenters. The van der Waals surface area contributed by atoms with Gasteiger partial charge in [0.15, 0.2) is 0 Å². The van der Waals surface area contributed by atoms with Crippen LogP contribution in [-0.2, 0) is 0 Å². The first-order valence-electron chi connectivity index (χ1n) is 3.44. The Labute approximate surface area is 56.4 Å². The lowest BCUT2D eigenvalue weighted by atomic mass is 10.1. The lowest BCUT2D eigenvalue weighted by Crippen LogP contribution is -2.60. The van der Waals surface area contributed by atoms with Crippen molar-refractivity contribution in [3.05, 3.63) is 0 Å². The van der Waals surface area contributed by atoms with Gasteiger partial charge in [-0.2, -0.15) is 0 Å². The van der Waals surface area contributed by atoms with E-state index in [-0.39, 0.29) is 0 Å². The molecule has 1 fully saturated rings. The molecule has 0 bridgehead atoms. The zero-order valence-corrected chi connectivity index (χ0v) is 6.17. The highest BCUT2D eigenvalue weighted by molar-refractivity contribution is 4.82. The molecule has 0 spiro atoms. The second-order valence-corrected chi connectivity index (χ2v) is 2.68. The van der Waals surface area contributed by atoms with Crippen LogP contribution in [0.5, 0.6) is 0 Å². The fourth-order valence-corrected chi connectivity index (χ4v) is 1.02. The van der Waals surface area contributed by atoms with Gasteiger partial charge >= 0.3 is 0 Å². The Kier molecular flexibility index (Phi) is 2.05. The van der Waals surface area contributed by atoms with Crippen LogP contribution in [-0.4, -0.2) is 42.6 Å². The summed E-state index contributed by atoms with van der Waals surface area (Å²) in [5.74, 6) is 5.47. The topological polar surface area (TPSA) is 32.5 Å². The average Bonchev–Trinajstić information content (AvgIpc) is 1.79. The predicted molar refractivity (Wildman–Crippen MR) is 37.9 cm³/mol. The average molecular weight is 129 g/mol. The highest BCUT2D eigenvalue weighted by atomic mass is 15.5. The first-order valence-corrected chi connectivity index (χ1v) is 3.44. The summed E-state index contributed by atoms with van der Waals surface area (Å²) in [6, 6.07) is 0.708. The molecule has 0 aliphatic carbocycles. The van der Waals surface area contributed by atoms with Crippen LogP contribution >= 0.6 is 0 Å². The molecule has 0 saturated carbocycles. The summed E-state index contributed by atoms with van der Waals surface area (Å²) < 4.78 is 0. The van der Waals surface area contributed by atoms with Gasteiger partial charge in [-0.1, -0.05) is 6.92 Å². The Morgan fingerprint density at radius 2 is 2.22 bits per heavy atom. The van der Waals surface area contributed by atoms with Crippen molar-refractivity contribution in [2.24, 2.45) is 5.84 Å². The lowest BCUT2D eigenvalue weighted by molar-refractivity contribution is 0.0525. The van der Waals surface area contributed by atoms with E-state index in [1.54, 1.807) is 0 Å². The molecule has 0 aromatic heterocycles. The summed E-state index contributed by atoms with van der Waals surface area (Å²) in [6.45, 7) is 5.35. The SMILES string of the molecule is CCN(C)C1CN(N)C1. The Morgan fingerprint density at radius 1 is 1.67 bits per heavy atom. The van der Waals surface area contributed by atoms with Crippen molar-refractivity contribution in [3.8, 4) is 0 Å². The third kappa shape index (κ3) is 1.41. The van der Waals surface area contributed by atoms with Crippen molar-refractivity contribution < 1.29 is 0 Å². The second-order valence-electron chi connectivity index (χ2n) is 2.68.